The van der Waals surface area contributed by atoms with Crippen LogP contribution in [0.1, 0.15) is 25.3 Å². The third-order valence-electron chi connectivity index (χ3n) is 2.39. The van der Waals surface area contributed by atoms with E-state index < -0.39 is 0 Å². The quantitative estimate of drug-likeness (QED) is 0.774. The van der Waals surface area contributed by atoms with E-state index in [4.69, 9.17) is 0 Å². The molecule has 1 unspecified atom stereocenters. The highest BCUT2D eigenvalue weighted by Crippen LogP contribution is 2.21. The molecule has 0 saturated carbocycles. The lowest BCUT2D eigenvalue weighted by Gasteiger charge is -2.16. The Morgan fingerprint density at radius 2 is 2.27 bits per heavy atom. The van der Waals surface area contributed by atoms with Gasteiger partial charge in [0, 0.05) is 16.2 Å². The Bertz CT molecular complexity index is 333. The molecule has 0 fully saturated rings. The van der Waals surface area contributed by atoms with Crippen LogP contribution in [0.15, 0.2) is 35.3 Å². The van der Waals surface area contributed by atoms with Crippen molar-refractivity contribution in [1.82, 2.24) is 0 Å². The fraction of sp³-hybridized carbons (Fsp3) is 0.385. The zero-order valence-electron chi connectivity index (χ0n) is 9.39. The normalized spacial score (nSPS) is 12.2. The molecule has 0 spiro atoms. The molecular weight excluding hydrogens is 250 g/mol. The molecule has 0 heterocycles. The molecule has 15 heavy (non-hydrogen) atoms. The molecule has 0 saturated heterocycles. The van der Waals surface area contributed by atoms with E-state index in [1.807, 2.05) is 6.08 Å². The van der Waals surface area contributed by atoms with Crippen LogP contribution in [-0.2, 0) is 0 Å². The first-order valence-electron chi connectivity index (χ1n) is 5.27. The first kappa shape index (κ1) is 12.3. The summed E-state index contributed by atoms with van der Waals surface area (Å²) >= 11 is 3.46. The van der Waals surface area contributed by atoms with Crippen molar-refractivity contribution in [1.29, 1.82) is 0 Å². The molecule has 1 aromatic rings. The van der Waals surface area contributed by atoms with Gasteiger partial charge in [0.25, 0.3) is 0 Å². The monoisotopic (exact) mass is 267 g/mol. The van der Waals surface area contributed by atoms with E-state index in [0.29, 0.717) is 6.04 Å². The highest BCUT2D eigenvalue weighted by atomic mass is 79.9. The second-order valence-corrected chi connectivity index (χ2v) is 4.79. The average Bonchev–Trinajstić information content (AvgIpc) is 2.19. The lowest BCUT2D eigenvalue weighted by molar-refractivity contribution is 0.718. The van der Waals surface area contributed by atoms with E-state index in [-0.39, 0.29) is 0 Å². The molecule has 1 aromatic carbocycles. The standard InChI is InChI=1S/C13H18BrN/c1-4-5-6-11(3)15-13-8-7-12(14)9-10(13)2/h4,7-9,11,15H,1,5-6H2,2-3H3. The minimum absolute atomic E-state index is 0.489. The highest BCUT2D eigenvalue weighted by molar-refractivity contribution is 9.10. The number of hydrogen-bond donors (Lipinski definition) is 1. The van der Waals surface area contributed by atoms with Crippen LogP contribution >= 0.6 is 15.9 Å². The van der Waals surface area contributed by atoms with Crippen molar-refractivity contribution in [2.45, 2.75) is 32.7 Å². The summed E-state index contributed by atoms with van der Waals surface area (Å²) in [5.74, 6) is 0. The molecule has 0 amide bonds. The van der Waals surface area contributed by atoms with Crippen LogP contribution in [0.2, 0.25) is 0 Å². The second kappa shape index (κ2) is 5.96. The van der Waals surface area contributed by atoms with Crippen LogP contribution in [0.5, 0.6) is 0 Å². The Morgan fingerprint density at radius 3 is 2.87 bits per heavy atom. The van der Waals surface area contributed by atoms with E-state index >= 15 is 0 Å². The van der Waals surface area contributed by atoms with Gasteiger partial charge in [0.05, 0.1) is 0 Å². The zero-order valence-corrected chi connectivity index (χ0v) is 11.0. The predicted molar refractivity (Wildman–Crippen MR) is 71.4 cm³/mol. The van der Waals surface area contributed by atoms with Crippen molar-refractivity contribution >= 4 is 21.6 Å². The fourth-order valence-corrected chi connectivity index (χ4v) is 1.97. The summed E-state index contributed by atoms with van der Waals surface area (Å²) in [6.45, 7) is 8.05. The van der Waals surface area contributed by atoms with Crippen molar-refractivity contribution in [3.8, 4) is 0 Å². The third-order valence-corrected chi connectivity index (χ3v) is 2.89. The molecule has 0 aliphatic heterocycles. The van der Waals surface area contributed by atoms with Gasteiger partial charge in [0.1, 0.15) is 0 Å². The molecular formula is C13H18BrN. The summed E-state index contributed by atoms with van der Waals surface area (Å²) in [7, 11) is 0. The van der Waals surface area contributed by atoms with Gasteiger partial charge in [-0.05, 0) is 50.5 Å². The van der Waals surface area contributed by atoms with Crippen LogP contribution in [0, 0.1) is 6.92 Å². The van der Waals surface area contributed by atoms with E-state index in [0.717, 1.165) is 17.3 Å². The van der Waals surface area contributed by atoms with Gasteiger partial charge in [0.2, 0.25) is 0 Å². The maximum absolute atomic E-state index is 3.73. The summed E-state index contributed by atoms with van der Waals surface area (Å²) < 4.78 is 1.13. The summed E-state index contributed by atoms with van der Waals surface area (Å²) in [5, 5.41) is 3.50. The maximum atomic E-state index is 3.73. The number of benzene rings is 1. The molecule has 1 nitrogen and oxygen atoms in total. The number of aryl methyl sites for hydroxylation is 1. The first-order chi connectivity index (χ1) is 7.13. The second-order valence-electron chi connectivity index (χ2n) is 3.87. The van der Waals surface area contributed by atoms with Gasteiger partial charge in [-0.25, -0.2) is 0 Å². The first-order valence-corrected chi connectivity index (χ1v) is 6.06. The SMILES string of the molecule is C=CCCC(C)Nc1ccc(Br)cc1C. The van der Waals surface area contributed by atoms with E-state index in [1.54, 1.807) is 0 Å². The Kier molecular flexibility index (Phi) is 4.89. The third kappa shape index (κ3) is 4.08. The Balaban J connectivity index is 2.59. The maximum Gasteiger partial charge on any atom is 0.0372 e. The summed E-state index contributed by atoms with van der Waals surface area (Å²) in [6.07, 6.45) is 4.15. The van der Waals surface area contributed by atoms with Crippen LogP contribution in [-0.4, -0.2) is 6.04 Å². The number of halogens is 1. The van der Waals surface area contributed by atoms with Crippen molar-refractivity contribution in [3.63, 3.8) is 0 Å². The summed E-state index contributed by atoms with van der Waals surface area (Å²) in [6, 6.07) is 6.80. The molecule has 0 aromatic heterocycles. The average molecular weight is 268 g/mol. The minimum atomic E-state index is 0.489. The van der Waals surface area contributed by atoms with Crippen molar-refractivity contribution < 1.29 is 0 Å². The summed E-state index contributed by atoms with van der Waals surface area (Å²) in [5.41, 5.74) is 2.49. The molecule has 0 radical (unpaired) electrons. The molecule has 2 heteroatoms. The molecule has 1 N–H and O–H groups in total. The Labute approximate surface area is 101 Å². The Morgan fingerprint density at radius 1 is 1.53 bits per heavy atom. The lowest BCUT2D eigenvalue weighted by Crippen LogP contribution is -2.15. The number of nitrogens with one attached hydrogen (secondary N) is 1. The van der Waals surface area contributed by atoms with Gasteiger partial charge in [0.15, 0.2) is 0 Å². The topological polar surface area (TPSA) is 12.0 Å². The van der Waals surface area contributed by atoms with E-state index in [2.05, 4.69) is 59.9 Å². The van der Waals surface area contributed by atoms with Crippen molar-refractivity contribution in [2.24, 2.45) is 0 Å². The van der Waals surface area contributed by atoms with Gasteiger partial charge in [-0.3, -0.25) is 0 Å². The largest absolute Gasteiger partial charge is 0.382 e. The highest BCUT2D eigenvalue weighted by Gasteiger charge is 2.03. The van der Waals surface area contributed by atoms with Crippen LogP contribution < -0.4 is 5.32 Å². The van der Waals surface area contributed by atoms with E-state index in [1.165, 1.54) is 11.3 Å². The molecule has 1 atom stereocenters. The Hall–Kier alpha value is -0.760. The zero-order chi connectivity index (χ0) is 11.3. The van der Waals surface area contributed by atoms with Crippen molar-refractivity contribution in [3.05, 3.63) is 40.9 Å². The molecule has 0 aliphatic carbocycles. The van der Waals surface area contributed by atoms with E-state index in [9.17, 15) is 0 Å². The van der Waals surface area contributed by atoms with Gasteiger partial charge in [-0.2, -0.15) is 0 Å². The number of hydrogen-bond acceptors (Lipinski definition) is 1. The van der Waals surface area contributed by atoms with Crippen LogP contribution in [0.3, 0.4) is 0 Å². The molecule has 0 aliphatic rings. The minimum Gasteiger partial charge on any atom is -0.382 e. The number of rotatable bonds is 5. The number of allylic oxidation sites excluding steroid dienone is 1. The molecule has 0 bridgehead atoms. The van der Waals surface area contributed by atoms with Crippen molar-refractivity contribution in [2.75, 3.05) is 5.32 Å². The van der Waals surface area contributed by atoms with Crippen LogP contribution in [0.25, 0.3) is 0 Å². The molecule has 1 rings (SSSR count). The fourth-order valence-electron chi connectivity index (χ4n) is 1.49. The van der Waals surface area contributed by atoms with Gasteiger partial charge < -0.3 is 5.32 Å². The summed E-state index contributed by atoms with van der Waals surface area (Å²) in [4.78, 5) is 0. The van der Waals surface area contributed by atoms with Gasteiger partial charge >= 0.3 is 0 Å². The molecule has 82 valence electrons. The number of anilines is 1. The lowest BCUT2D eigenvalue weighted by atomic mass is 10.1. The smallest absolute Gasteiger partial charge is 0.0372 e. The van der Waals surface area contributed by atoms with Gasteiger partial charge in [-0.15, -0.1) is 6.58 Å². The van der Waals surface area contributed by atoms with Gasteiger partial charge in [-0.1, -0.05) is 22.0 Å². The predicted octanol–water partition coefficient (Wildman–Crippen LogP) is 4.52. The van der Waals surface area contributed by atoms with Crippen LogP contribution in [0.4, 0.5) is 5.69 Å².